The van der Waals surface area contributed by atoms with Crippen molar-refractivity contribution < 1.29 is 9.00 Å². The standard InChI is InChI=1S/C18H25N5O2S/c1-12(2)15-6-5-14-16(26(25,19-3)22-15)11-23(4)17(14)18(24)21-13-7-9-20-10-8-13/h7-12,15H,5-6H2,1-4H3,(H,19,22,25)(H,20,21,24). The largest absolute Gasteiger partial charge is 0.345 e. The Bertz CT molecular complexity index is 927. The summed E-state index contributed by atoms with van der Waals surface area (Å²) in [6.45, 7) is 4.19. The van der Waals surface area contributed by atoms with Crippen molar-refractivity contribution in [3.05, 3.63) is 42.0 Å². The second-order valence-corrected chi connectivity index (χ2v) is 8.93. The van der Waals surface area contributed by atoms with Gasteiger partial charge in [-0.05, 0) is 30.9 Å². The first-order valence-corrected chi connectivity index (χ1v) is 10.2. The molecule has 0 aliphatic carbocycles. The number of anilines is 1. The zero-order chi connectivity index (χ0) is 18.9. The van der Waals surface area contributed by atoms with Gasteiger partial charge in [-0.3, -0.25) is 9.78 Å². The van der Waals surface area contributed by atoms with Crippen molar-refractivity contribution in [3.8, 4) is 0 Å². The number of carbonyl (C=O) groups excluding carboxylic acids is 1. The highest BCUT2D eigenvalue weighted by Gasteiger charge is 2.32. The number of aromatic nitrogens is 2. The minimum absolute atomic E-state index is 0.0833. The maximum absolute atomic E-state index is 13.4. The van der Waals surface area contributed by atoms with Crippen molar-refractivity contribution in [2.75, 3.05) is 12.4 Å². The number of carbonyl (C=O) groups is 1. The molecule has 2 aromatic rings. The van der Waals surface area contributed by atoms with E-state index in [1.54, 1.807) is 49.4 Å². The highest BCUT2D eigenvalue weighted by atomic mass is 32.2. The minimum atomic E-state index is -2.76. The molecule has 8 heteroatoms. The molecule has 0 fully saturated rings. The lowest BCUT2D eigenvalue weighted by molar-refractivity contribution is 0.101. The molecule has 7 nitrogen and oxygen atoms in total. The maximum Gasteiger partial charge on any atom is 0.272 e. The Morgan fingerprint density at radius 1 is 1.42 bits per heavy atom. The second kappa shape index (κ2) is 7.20. The van der Waals surface area contributed by atoms with Crippen LogP contribution in [0.4, 0.5) is 5.69 Å². The minimum Gasteiger partial charge on any atom is -0.345 e. The number of hydrogen-bond acceptors (Lipinski definition) is 4. The van der Waals surface area contributed by atoms with E-state index in [1.807, 2.05) is 0 Å². The zero-order valence-corrected chi connectivity index (χ0v) is 16.3. The molecule has 2 N–H and O–H groups in total. The molecule has 0 aromatic carbocycles. The van der Waals surface area contributed by atoms with Crippen molar-refractivity contribution in [2.24, 2.45) is 17.3 Å². The topological polar surface area (TPSA) is 88.4 Å². The molecule has 0 radical (unpaired) electrons. The quantitative estimate of drug-likeness (QED) is 0.864. The van der Waals surface area contributed by atoms with E-state index >= 15 is 0 Å². The van der Waals surface area contributed by atoms with Gasteiger partial charge in [0.25, 0.3) is 5.91 Å². The Morgan fingerprint density at radius 3 is 2.73 bits per heavy atom. The first-order chi connectivity index (χ1) is 12.4. The van der Waals surface area contributed by atoms with Gasteiger partial charge >= 0.3 is 0 Å². The van der Waals surface area contributed by atoms with E-state index in [9.17, 15) is 9.00 Å². The summed E-state index contributed by atoms with van der Waals surface area (Å²) < 4.78 is 22.6. The van der Waals surface area contributed by atoms with Crippen LogP contribution in [0.2, 0.25) is 0 Å². The first kappa shape index (κ1) is 18.6. The van der Waals surface area contributed by atoms with E-state index in [-0.39, 0.29) is 11.9 Å². The van der Waals surface area contributed by atoms with Gasteiger partial charge in [-0.2, -0.15) is 0 Å². The fourth-order valence-corrected chi connectivity index (χ4v) is 5.36. The molecule has 26 heavy (non-hydrogen) atoms. The number of amides is 1. The summed E-state index contributed by atoms with van der Waals surface area (Å²) in [4.78, 5) is 17.5. The predicted octanol–water partition coefficient (Wildman–Crippen LogP) is 2.60. The van der Waals surface area contributed by atoms with Crippen LogP contribution < -0.4 is 10.0 Å². The van der Waals surface area contributed by atoms with Crippen molar-refractivity contribution in [2.45, 2.75) is 37.6 Å². The summed E-state index contributed by atoms with van der Waals surface area (Å²) in [7, 11) is 0.596. The molecule has 0 spiro atoms. The third-order valence-corrected chi connectivity index (χ3v) is 6.86. The van der Waals surface area contributed by atoms with E-state index in [2.05, 4.69) is 33.2 Å². The van der Waals surface area contributed by atoms with Gasteiger partial charge < -0.3 is 9.88 Å². The van der Waals surface area contributed by atoms with Gasteiger partial charge in [0.05, 0.1) is 4.90 Å². The molecule has 2 atom stereocenters. The average molecular weight is 375 g/mol. The Morgan fingerprint density at radius 2 is 2.12 bits per heavy atom. The van der Waals surface area contributed by atoms with Crippen LogP contribution in [0.3, 0.4) is 0 Å². The van der Waals surface area contributed by atoms with E-state index in [1.165, 1.54) is 0 Å². The Balaban J connectivity index is 2.04. The van der Waals surface area contributed by atoms with Crippen LogP contribution in [0, 0.1) is 5.92 Å². The van der Waals surface area contributed by atoms with Crippen LogP contribution in [0.1, 0.15) is 36.3 Å². The monoisotopic (exact) mass is 375 g/mol. The fourth-order valence-electron chi connectivity index (χ4n) is 3.30. The molecule has 3 heterocycles. The van der Waals surface area contributed by atoms with Gasteiger partial charge in [-0.1, -0.05) is 13.8 Å². The summed E-state index contributed by atoms with van der Waals surface area (Å²) in [5.74, 6) is 0.102. The molecule has 1 aliphatic heterocycles. The van der Waals surface area contributed by atoms with Crippen LogP contribution in [0.25, 0.3) is 0 Å². The first-order valence-electron chi connectivity index (χ1n) is 8.68. The molecule has 140 valence electrons. The van der Waals surface area contributed by atoms with Crippen molar-refractivity contribution in [1.82, 2.24) is 14.3 Å². The van der Waals surface area contributed by atoms with Gasteiger partial charge in [0, 0.05) is 50.0 Å². The van der Waals surface area contributed by atoms with Crippen LogP contribution >= 0.6 is 0 Å². The third kappa shape index (κ3) is 3.39. The average Bonchev–Trinajstić information content (AvgIpc) is 2.88. The third-order valence-electron chi connectivity index (χ3n) is 4.78. The van der Waals surface area contributed by atoms with Crippen LogP contribution in [-0.2, 0) is 23.4 Å². The molecule has 3 rings (SSSR count). The lowest BCUT2D eigenvalue weighted by Gasteiger charge is -2.21. The molecule has 0 bridgehead atoms. The summed E-state index contributed by atoms with van der Waals surface area (Å²) in [6, 6.07) is 3.56. The summed E-state index contributed by atoms with van der Waals surface area (Å²) >= 11 is 0. The lowest BCUT2D eigenvalue weighted by Crippen LogP contribution is -2.37. The van der Waals surface area contributed by atoms with Crippen molar-refractivity contribution in [1.29, 1.82) is 0 Å². The maximum atomic E-state index is 13.4. The number of nitrogens with one attached hydrogen (secondary N) is 2. The number of nitrogens with zero attached hydrogens (tertiary/aromatic N) is 3. The Labute approximate surface area is 154 Å². The SMILES string of the molecule is CN=S1(=O)NC(C(C)C)CCc2c1cn(C)c2C(=O)Nc1ccncc1. The smallest absolute Gasteiger partial charge is 0.272 e. The van der Waals surface area contributed by atoms with E-state index in [0.717, 1.165) is 12.0 Å². The predicted molar refractivity (Wildman–Crippen MR) is 102 cm³/mol. The fraction of sp³-hybridized carbons (Fsp3) is 0.444. The molecular weight excluding hydrogens is 350 g/mol. The summed E-state index contributed by atoms with van der Waals surface area (Å²) in [6.07, 6.45) is 6.50. The number of aryl methyl sites for hydroxylation is 1. The number of pyridine rings is 1. The Kier molecular flexibility index (Phi) is 5.15. The molecule has 1 amide bonds. The van der Waals surface area contributed by atoms with Gasteiger partial charge in [0.2, 0.25) is 0 Å². The number of rotatable bonds is 3. The zero-order valence-electron chi connectivity index (χ0n) is 15.5. The Hall–Kier alpha value is -2.19. The summed E-state index contributed by atoms with van der Waals surface area (Å²) in [5.41, 5.74) is 2.01. The number of hydrogen-bond donors (Lipinski definition) is 2. The van der Waals surface area contributed by atoms with Crippen LogP contribution in [0.15, 0.2) is 40.0 Å². The molecule has 1 aliphatic rings. The molecular formula is C18H25N5O2S. The highest BCUT2D eigenvalue weighted by molar-refractivity contribution is 7.91. The van der Waals surface area contributed by atoms with E-state index in [4.69, 9.17) is 0 Å². The highest BCUT2D eigenvalue weighted by Crippen LogP contribution is 2.30. The second-order valence-electron chi connectivity index (χ2n) is 6.84. The van der Waals surface area contributed by atoms with E-state index in [0.29, 0.717) is 28.6 Å². The van der Waals surface area contributed by atoms with Crippen LogP contribution in [0.5, 0.6) is 0 Å². The molecule has 2 aromatic heterocycles. The van der Waals surface area contributed by atoms with Gasteiger partial charge in [-0.15, -0.1) is 0 Å². The molecule has 0 saturated heterocycles. The van der Waals surface area contributed by atoms with Crippen molar-refractivity contribution >= 4 is 21.5 Å². The van der Waals surface area contributed by atoms with Crippen molar-refractivity contribution in [3.63, 3.8) is 0 Å². The summed E-state index contributed by atoms with van der Waals surface area (Å²) in [5, 5.41) is 2.89. The number of fused-ring (bicyclic) bond motifs is 1. The van der Waals surface area contributed by atoms with Gasteiger partial charge in [0.1, 0.15) is 15.6 Å². The van der Waals surface area contributed by atoms with Gasteiger partial charge in [-0.25, -0.2) is 13.3 Å². The normalized spacial score (nSPS) is 22.6. The molecule has 0 saturated carbocycles. The lowest BCUT2D eigenvalue weighted by atomic mass is 9.97. The van der Waals surface area contributed by atoms with Gasteiger partial charge in [0.15, 0.2) is 0 Å². The molecule has 2 unspecified atom stereocenters. The van der Waals surface area contributed by atoms with Crippen LogP contribution in [-0.4, -0.2) is 32.8 Å². The van der Waals surface area contributed by atoms with E-state index < -0.39 is 9.92 Å².